The third kappa shape index (κ3) is 2.69. The zero-order valence-electron chi connectivity index (χ0n) is 13.1. The molecule has 0 N–H and O–H groups in total. The van der Waals surface area contributed by atoms with Gasteiger partial charge in [-0.3, -0.25) is 9.80 Å². The van der Waals surface area contributed by atoms with Gasteiger partial charge in [0.15, 0.2) is 0 Å². The van der Waals surface area contributed by atoms with Crippen molar-refractivity contribution in [1.29, 1.82) is 0 Å². The van der Waals surface area contributed by atoms with Gasteiger partial charge in [-0.05, 0) is 37.1 Å². The summed E-state index contributed by atoms with van der Waals surface area (Å²) in [6.07, 6.45) is 2.77. The molecule has 0 unspecified atom stereocenters. The highest BCUT2D eigenvalue weighted by molar-refractivity contribution is 5.32. The van der Waals surface area contributed by atoms with Crippen molar-refractivity contribution in [2.45, 2.75) is 24.9 Å². The average Bonchev–Trinajstić information content (AvgIpc) is 3.06. The molecule has 0 spiro atoms. The van der Waals surface area contributed by atoms with Crippen molar-refractivity contribution in [1.82, 2.24) is 9.80 Å². The highest BCUT2D eigenvalue weighted by atomic mass is 15.3. The zero-order chi connectivity index (χ0) is 14.8. The second kappa shape index (κ2) is 6.23. The third-order valence-corrected chi connectivity index (χ3v) is 5.14. The van der Waals surface area contributed by atoms with Crippen LogP contribution in [0.3, 0.4) is 0 Å². The van der Waals surface area contributed by atoms with E-state index in [1.165, 1.54) is 50.1 Å². The monoisotopic (exact) mass is 292 g/mol. The summed E-state index contributed by atoms with van der Waals surface area (Å²) in [5, 5.41) is 0. The standard InChI is InChI=1S/C20H24N2/c1-3-9-17(10-4-1)20(18-11-5-2-6-12-18)22-15-19(16-22)21-13-7-8-14-21/h1-6,9-12,19-20H,7-8,13-16H2. The zero-order valence-corrected chi connectivity index (χ0v) is 13.1. The second-order valence-electron chi connectivity index (χ2n) is 6.57. The van der Waals surface area contributed by atoms with Crippen LogP contribution in [0.25, 0.3) is 0 Å². The fraction of sp³-hybridized carbons (Fsp3) is 0.400. The topological polar surface area (TPSA) is 6.48 Å². The van der Waals surface area contributed by atoms with Crippen molar-refractivity contribution in [3.05, 3.63) is 71.8 Å². The highest BCUT2D eigenvalue weighted by Gasteiger charge is 2.37. The number of rotatable bonds is 4. The first-order valence-electron chi connectivity index (χ1n) is 8.50. The number of likely N-dealkylation sites (tertiary alicyclic amines) is 2. The minimum Gasteiger partial charge on any atom is -0.298 e. The molecule has 2 aliphatic rings. The van der Waals surface area contributed by atoms with E-state index in [1.807, 2.05) is 0 Å². The molecule has 2 heteroatoms. The molecule has 114 valence electrons. The van der Waals surface area contributed by atoms with E-state index in [-0.39, 0.29) is 0 Å². The number of benzene rings is 2. The first kappa shape index (κ1) is 14.0. The molecule has 0 aromatic heterocycles. The van der Waals surface area contributed by atoms with Crippen LogP contribution >= 0.6 is 0 Å². The lowest BCUT2D eigenvalue weighted by molar-refractivity contribution is 0.0262. The van der Waals surface area contributed by atoms with Gasteiger partial charge in [0.1, 0.15) is 0 Å². The van der Waals surface area contributed by atoms with E-state index in [1.54, 1.807) is 0 Å². The largest absolute Gasteiger partial charge is 0.298 e. The molecular weight excluding hydrogens is 268 g/mol. The van der Waals surface area contributed by atoms with Gasteiger partial charge in [-0.15, -0.1) is 0 Å². The van der Waals surface area contributed by atoms with Crippen molar-refractivity contribution >= 4 is 0 Å². The fourth-order valence-corrected chi connectivity index (χ4v) is 3.92. The van der Waals surface area contributed by atoms with Gasteiger partial charge in [0.2, 0.25) is 0 Å². The van der Waals surface area contributed by atoms with Gasteiger partial charge in [0.05, 0.1) is 6.04 Å². The predicted octanol–water partition coefficient (Wildman–Crippen LogP) is 3.56. The summed E-state index contributed by atoms with van der Waals surface area (Å²) in [5.41, 5.74) is 2.82. The van der Waals surface area contributed by atoms with Gasteiger partial charge in [-0.25, -0.2) is 0 Å². The molecule has 0 radical (unpaired) electrons. The molecule has 2 aliphatic heterocycles. The predicted molar refractivity (Wildman–Crippen MR) is 90.9 cm³/mol. The van der Waals surface area contributed by atoms with Crippen LogP contribution in [0.1, 0.15) is 30.0 Å². The number of hydrogen-bond acceptors (Lipinski definition) is 2. The lowest BCUT2D eigenvalue weighted by Crippen LogP contribution is -2.59. The Morgan fingerprint density at radius 3 is 1.73 bits per heavy atom. The Bertz CT molecular complexity index is 544. The lowest BCUT2D eigenvalue weighted by Gasteiger charge is -2.48. The van der Waals surface area contributed by atoms with Gasteiger partial charge >= 0.3 is 0 Å². The van der Waals surface area contributed by atoms with E-state index in [0.29, 0.717) is 6.04 Å². The Kier molecular flexibility index (Phi) is 3.96. The summed E-state index contributed by atoms with van der Waals surface area (Å²) in [5.74, 6) is 0. The lowest BCUT2D eigenvalue weighted by atomic mass is 9.93. The Morgan fingerprint density at radius 2 is 1.23 bits per heavy atom. The van der Waals surface area contributed by atoms with Gasteiger partial charge in [0, 0.05) is 19.1 Å². The van der Waals surface area contributed by atoms with E-state index in [2.05, 4.69) is 70.5 Å². The molecule has 2 aromatic carbocycles. The molecule has 2 aromatic rings. The Balaban J connectivity index is 1.54. The Hall–Kier alpha value is -1.64. The highest BCUT2D eigenvalue weighted by Crippen LogP contribution is 2.34. The van der Waals surface area contributed by atoms with Crippen LogP contribution in [-0.2, 0) is 0 Å². The number of nitrogens with zero attached hydrogens (tertiary/aromatic N) is 2. The van der Waals surface area contributed by atoms with Crippen molar-refractivity contribution in [3.8, 4) is 0 Å². The third-order valence-electron chi connectivity index (χ3n) is 5.14. The SMILES string of the molecule is c1ccc(C(c2ccccc2)N2CC(N3CCCC3)C2)cc1. The molecule has 0 aliphatic carbocycles. The summed E-state index contributed by atoms with van der Waals surface area (Å²) < 4.78 is 0. The van der Waals surface area contributed by atoms with E-state index in [0.717, 1.165) is 6.04 Å². The molecular formula is C20H24N2. The van der Waals surface area contributed by atoms with E-state index >= 15 is 0 Å². The molecule has 4 rings (SSSR count). The molecule has 22 heavy (non-hydrogen) atoms. The maximum atomic E-state index is 2.68. The van der Waals surface area contributed by atoms with Crippen molar-refractivity contribution in [3.63, 3.8) is 0 Å². The quantitative estimate of drug-likeness (QED) is 0.850. The van der Waals surface area contributed by atoms with Gasteiger partial charge in [-0.2, -0.15) is 0 Å². The molecule has 0 bridgehead atoms. The maximum absolute atomic E-state index is 2.68. The van der Waals surface area contributed by atoms with Crippen LogP contribution in [0.4, 0.5) is 0 Å². The summed E-state index contributed by atoms with van der Waals surface area (Å²) in [4.78, 5) is 5.32. The molecule has 0 amide bonds. The van der Waals surface area contributed by atoms with Crippen molar-refractivity contribution in [2.24, 2.45) is 0 Å². The van der Waals surface area contributed by atoms with Crippen molar-refractivity contribution < 1.29 is 0 Å². The van der Waals surface area contributed by atoms with E-state index < -0.39 is 0 Å². The summed E-state index contributed by atoms with van der Waals surface area (Å²) in [6.45, 7) is 5.02. The van der Waals surface area contributed by atoms with E-state index in [9.17, 15) is 0 Å². The normalized spacial score (nSPS) is 20.4. The molecule has 2 fully saturated rings. The van der Waals surface area contributed by atoms with Crippen molar-refractivity contribution in [2.75, 3.05) is 26.2 Å². The van der Waals surface area contributed by atoms with Gasteiger partial charge in [-0.1, -0.05) is 60.7 Å². The molecule has 2 nitrogen and oxygen atoms in total. The number of hydrogen-bond donors (Lipinski definition) is 0. The summed E-state index contributed by atoms with van der Waals surface area (Å²) in [7, 11) is 0. The summed E-state index contributed by atoms with van der Waals surface area (Å²) >= 11 is 0. The van der Waals surface area contributed by atoms with Crippen LogP contribution in [0.15, 0.2) is 60.7 Å². The Morgan fingerprint density at radius 1 is 0.727 bits per heavy atom. The molecule has 2 saturated heterocycles. The maximum Gasteiger partial charge on any atom is 0.0602 e. The van der Waals surface area contributed by atoms with Gasteiger partial charge < -0.3 is 0 Å². The molecule has 0 saturated carbocycles. The minimum atomic E-state index is 0.404. The van der Waals surface area contributed by atoms with Crippen LogP contribution in [0, 0.1) is 0 Å². The van der Waals surface area contributed by atoms with E-state index in [4.69, 9.17) is 0 Å². The first-order chi connectivity index (χ1) is 10.9. The first-order valence-corrected chi connectivity index (χ1v) is 8.50. The summed E-state index contributed by atoms with van der Waals surface area (Å²) in [6, 6.07) is 23.1. The molecule has 0 atom stereocenters. The minimum absolute atomic E-state index is 0.404. The second-order valence-corrected chi connectivity index (χ2v) is 6.57. The smallest absolute Gasteiger partial charge is 0.0602 e. The van der Waals surface area contributed by atoms with Gasteiger partial charge in [0.25, 0.3) is 0 Å². The van der Waals surface area contributed by atoms with Crippen LogP contribution < -0.4 is 0 Å². The average molecular weight is 292 g/mol. The Labute approximate surface area is 133 Å². The molecule has 2 heterocycles. The van der Waals surface area contributed by atoms with Crippen LogP contribution in [0.2, 0.25) is 0 Å². The van der Waals surface area contributed by atoms with Crippen LogP contribution in [-0.4, -0.2) is 42.0 Å². The van der Waals surface area contributed by atoms with Crippen LogP contribution in [0.5, 0.6) is 0 Å². The fourth-order valence-electron chi connectivity index (χ4n) is 3.92.